The second-order valence-corrected chi connectivity index (χ2v) is 9.55. The van der Waals surface area contributed by atoms with Crippen molar-refractivity contribution in [2.24, 2.45) is 0 Å². The van der Waals surface area contributed by atoms with E-state index in [1.807, 2.05) is 109 Å². The zero-order chi connectivity index (χ0) is 26.5. The van der Waals surface area contributed by atoms with Crippen molar-refractivity contribution in [3.63, 3.8) is 0 Å². The minimum atomic E-state index is 0.554. The first-order valence-corrected chi connectivity index (χ1v) is 13.0. The Morgan fingerprint density at radius 3 is 1.82 bits per heavy atom. The van der Waals surface area contributed by atoms with Gasteiger partial charge in [0.05, 0.1) is 0 Å². The highest BCUT2D eigenvalue weighted by atomic mass is 16.3. The minimum absolute atomic E-state index is 0.554. The number of aromatic nitrogens is 4. The normalized spacial score (nSPS) is 11.5. The Labute approximate surface area is 228 Å². The fourth-order valence-corrected chi connectivity index (χ4v) is 5.00. The van der Waals surface area contributed by atoms with Crippen molar-refractivity contribution < 1.29 is 8.83 Å². The Morgan fingerprint density at radius 1 is 0.375 bits per heavy atom. The molecule has 0 N–H and O–H groups in total. The standard InChI is InChI=1S/C34H20N4O2/c1-2-9-21(10-3-1)31-36-32(22-11-8-12-24(19-22)34-35-27-14-5-7-16-30(27)40-34)38-33(37-31)23-17-18-29-26(20-23)25-13-4-6-15-28(25)39-29/h1-20H. The molecule has 0 aliphatic heterocycles. The number of rotatable bonds is 4. The van der Waals surface area contributed by atoms with Crippen LogP contribution in [0.4, 0.5) is 0 Å². The number of oxazole rings is 1. The number of hydrogen-bond acceptors (Lipinski definition) is 6. The lowest BCUT2D eigenvalue weighted by Gasteiger charge is -2.09. The van der Waals surface area contributed by atoms with Gasteiger partial charge in [0.2, 0.25) is 5.89 Å². The van der Waals surface area contributed by atoms with Crippen LogP contribution in [0.3, 0.4) is 0 Å². The van der Waals surface area contributed by atoms with Crippen molar-refractivity contribution in [3.05, 3.63) is 121 Å². The molecule has 0 spiro atoms. The van der Waals surface area contributed by atoms with Gasteiger partial charge in [-0.15, -0.1) is 0 Å². The van der Waals surface area contributed by atoms with Crippen molar-refractivity contribution in [1.29, 1.82) is 0 Å². The van der Waals surface area contributed by atoms with E-state index in [0.717, 1.165) is 55.3 Å². The maximum Gasteiger partial charge on any atom is 0.227 e. The molecule has 0 aliphatic rings. The van der Waals surface area contributed by atoms with E-state index in [4.69, 9.17) is 23.8 Å². The largest absolute Gasteiger partial charge is 0.456 e. The van der Waals surface area contributed by atoms with Crippen molar-refractivity contribution in [2.45, 2.75) is 0 Å². The van der Waals surface area contributed by atoms with Crippen molar-refractivity contribution >= 4 is 33.0 Å². The van der Waals surface area contributed by atoms with Gasteiger partial charge in [0, 0.05) is 33.0 Å². The van der Waals surface area contributed by atoms with Gasteiger partial charge in [0.25, 0.3) is 0 Å². The number of fused-ring (bicyclic) bond motifs is 4. The number of nitrogens with zero attached hydrogens (tertiary/aromatic N) is 4. The molecule has 0 atom stereocenters. The van der Waals surface area contributed by atoms with E-state index in [2.05, 4.69) is 17.1 Å². The van der Waals surface area contributed by atoms with Gasteiger partial charge >= 0.3 is 0 Å². The fraction of sp³-hybridized carbons (Fsp3) is 0. The zero-order valence-corrected chi connectivity index (χ0v) is 21.2. The predicted octanol–water partition coefficient (Wildman–Crippen LogP) is 8.58. The Morgan fingerprint density at radius 2 is 1.00 bits per heavy atom. The van der Waals surface area contributed by atoms with Crippen LogP contribution in [0.2, 0.25) is 0 Å². The molecule has 0 unspecified atom stereocenters. The minimum Gasteiger partial charge on any atom is -0.456 e. The van der Waals surface area contributed by atoms with Crippen molar-refractivity contribution in [3.8, 4) is 45.6 Å². The molecule has 5 aromatic carbocycles. The molecule has 0 aliphatic carbocycles. The quantitative estimate of drug-likeness (QED) is 0.233. The van der Waals surface area contributed by atoms with Gasteiger partial charge in [-0.3, -0.25) is 0 Å². The molecule has 0 amide bonds. The molecule has 6 heteroatoms. The lowest BCUT2D eigenvalue weighted by molar-refractivity contribution is 0.620. The van der Waals surface area contributed by atoms with E-state index in [0.29, 0.717) is 23.4 Å². The molecule has 8 aromatic rings. The van der Waals surface area contributed by atoms with E-state index in [9.17, 15) is 0 Å². The second-order valence-electron chi connectivity index (χ2n) is 9.55. The predicted molar refractivity (Wildman–Crippen MR) is 156 cm³/mol. The lowest BCUT2D eigenvalue weighted by atomic mass is 10.1. The molecular formula is C34H20N4O2. The third-order valence-corrected chi connectivity index (χ3v) is 6.96. The van der Waals surface area contributed by atoms with Gasteiger partial charge in [0.1, 0.15) is 16.7 Å². The highest BCUT2D eigenvalue weighted by Gasteiger charge is 2.16. The summed E-state index contributed by atoms with van der Waals surface area (Å²) in [6.45, 7) is 0. The van der Waals surface area contributed by atoms with Gasteiger partial charge in [0.15, 0.2) is 23.1 Å². The molecule has 40 heavy (non-hydrogen) atoms. The van der Waals surface area contributed by atoms with Gasteiger partial charge in [-0.2, -0.15) is 0 Å². The summed E-state index contributed by atoms with van der Waals surface area (Å²) in [7, 11) is 0. The summed E-state index contributed by atoms with van der Waals surface area (Å²) in [5, 5.41) is 2.08. The van der Waals surface area contributed by atoms with Crippen LogP contribution >= 0.6 is 0 Å². The molecule has 0 bridgehead atoms. The van der Waals surface area contributed by atoms with Crippen LogP contribution in [-0.4, -0.2) is 19.9 Å². The summed E-state index contributed by atoms with van der Waals surface area (Å²) in [6.07, 6.45) is 0. The summed E-state index contributed by atoms with van der Waals surface area (Å²) in [5.74, 6) is 2.31. The summed E-state index contributed by atoms with van der Waals surface area (Å²) >= 11 is 0. The van der Waals surface area contributed by atoms with Crippen LogP contribution in [0.25, 0.3) is 78.7 Å². The van der Waals surface area contributed by atoms with Crippen LogP contribution in [0.15, 0.2) is 130 Å². The Balaban J connectivity index is 1.29. The summed E-state index contributed by atoms with van der Waals surface area (Å²) < 4.78 is 12.1. The first-order valence-electron chi connectivity index (χ1n) is 13.0. The van der Waals surface area contributed by atoms with Crippen LogP contribution < -0.4 is 0 Å². The van der Waals surface area contributed by atoms with E-state index < -0.39 is 0 Å². The highest BCUT2D eigenvalue weighted by molar-refractivity contribution is 6.06. The number of furan rings is 1. The van der Waals surface area contributed by atoms with Gasteiger partial charge in [-0.05, 0) is 48.5 Å². The maximum absolute atomic E-state index is 6.04. The first-order chi connectivity index (χ1) is 19.8. The average Bonchev–Trinajstić information content (AvgIpc) is 3.63. The maximum atomic E-state index is 6.04. The molecule has 0 radical (unpaired) electrons. The molecule has 0 fully saturated rings. The fourth-order valence-electron chi connectivity index (χ4n) is 5.00. The molecular weight excluding hydrogens is 496 g/mol. The van der Waals surface area contributed by atoms with Crippen LogP contribution in [0.5, 0.6) is 0 Å². The van der Waals surface area contributed by atoms with Crippen LogP contribution in [0, 0.1) is 0 Å². The third kappa shape index (κ3) is 3.82. The third-order valence-electron chi connectivity index (χ3n) is 6.96. The average molecular weight is 517 g/mol. The molecule has 6 nitrogen and oxygen atoms in total. The Bertz CT molecular complexity index is 2150. The zero-order valence-electron chi connectivity index (χ0n) is 21.2. The molecule has 0 saturated heterocycles. The van der Waals surface area contributed by atoms with E-state index in [1.165, 1.54) is 0 Å². The number of para-hydroxylation sites is 3. The molecule has 3 aromatic heterocycles. The second kappa shape index (κ2) is 8.99. The van der Waals surface area contributed by atoms with Gasteiger partial charge in [-0.1, -0.05) is 72.8 Å². The lowest BCUT2D eigenvalue weighted by Crippen LogP contribution is -2.00. The summed E-state index contributed by atoms with van der Waals surface area (Å²) in [4.78, 5) is 19.4. The van der Waals surface area contributed by atoms with Crippen molar-refractivity contribution in [1.82, 2.24) is 19.9 Å². The summed E-state index contributed by atoms with van der Waals surface area (Å²) in [5.41, 5.74) is 6.74. The molecule has 188 valence electrons. The van der Waals surface area contributed by atoms with Crippen LogP contribution in [-0.2, 0) is 0 Å². The topological polar surface area (TPSA) is 77.8 Å². The first kappa shape index (κ1) is 22.4. The highest BCUT2D eigenvalue weighted by Crippen LogP contribution is 2.33. The molecule has 0 saturated carbocycles. The molecule has 8 rings (SSSR count). The van der Waals surface area contributed by atoms with E-state index >= 15 is 0 Å². The van der Waals surface area contributed by atoms with Gasteiger partial charge < -0.3 is 8.83 Å². The number of benzene rings is 5. The van der Waals surface area contributed by atoms with E-state index in [1.54, 1.807) is 0 Å². The van der Waals surface area contributed by atoms with E-state index in [-0.39, 0.29) is 0 Å². The molecule has 3 heterocycles. The monoisotopic (exact) mass is 516 g/mol. The van der Waals surface area contributed by atoms with Gasteiger partial charge in [-0.25, -0.2) is 19.9 Å². The van der Waals surface area contributed by atoms with Crippen LogP contribution in [0.1, 0.15) is 0 Å². The smallest absolute Gasteiger partial charge is 0.227 e. The Hall–Kier alpha value is -5.62. The Kier molecular flexibility index (Phi) is 5.03. The SMILES string of the molecule is c1ccc(-c2nc(-c3cccc(-c4nc5ccccc5o4)c3)nc(-c3ccc4oc5ccccc5c4c3)n2)cc1. The summed E-state index contributed by atoms with van der Waals surface area (Å²) in [6, 6.07) is 39.7. The number of hydrogen-bond donors (Lipinski definition) is 0. The van der Waals surface area contributed by atoms with Crippen molar-refractivity contribution in [2.75, 3.05) is 0 Å².